The van der Waals surface area contributed by atoms with Crippen LogP contribution < -0.4 is 10.1 Å². The van der Waals surface area contributed by atoms with Crippen LogP contribution in [0.4, 0.5) is 4.79 Å². The normalized spacial score (nSPS) is 23.7. The topological polar surface area (TPSA) is 153 Å². The molecule has 1 unspecified atom stereocenters. The van der Waals surface area contributed by atoms with Gasteiger partial charge in [-0.25, -0.2) is 13.2 Å². The SMILES string of the molecule is O=C(NC(Cc1ccccc1)[C@H](O)CN(OC1CCCC1)S(=O)(=O)c1cccc(OCCO)c1)O[C@H]1CO[C@H]2OCC[C@H]21. The van der Waals surface area contributed by atoms with Crippen LogP contribution in [0.25, 0.3) is 0 Å². The fraction of sp³-hybridized carbons (Fsp3) is 0.567. The maximum absolute atomic E-state index is 13.9. The lowest BCUT2D eigenvalue weighted by Crippen LogP contribution is -2.51. The summed E-state index contributed by atoms with van der Waals surface area (Å²) in [7, 11) is -4.26. The van der Waals surface area contributed by atoms with E-state index in [0.717, 1.165) is 29.3 Å². The molecule has 0 spiro atoms. The first kappa shape index (κ1) is 31.6. The fourth-order valence-corrected chi connectivity index (χ4v) is 7.00. The molecule has 2 aromatic carbocycles. The van der Waals surface area contributed by atoms with E-state index in [-0.39, 0.29) is 55.2 Å². The van der Waals surface area contributed by atoms with Crippen molar-refractivity contribution in [2.24, 2.45) is 5.92 Å². The summed E-state index contributed by atoms with van der Waals surface area (Å²) in [5, 5.41) is 23.4. The molecule has 5 rings (SSSR count). The van der Waals surface area contributed by atoms with Crippen LogP contribution in [0.5, 0.6) is 5.75 Å². The number of hydroxylamine groups is 1. The van der Waals surface area contributed by atoms with Crippen molar-refractivity contribution in [3.05, 3.63) is 60.2 Å². The lowest BCUT2D eigenvalue weighted by Gasteiger charge is -2.31. The predicted molar refractivity (Wildman–Crippen MR) is 153 cm³/mol. The lowest BCUT2D eigenvalue weighted by atomic mass is 10.0. The number of nitrogens with zero attached hydrogens (tertiary/aromatic N) is 1. The highest BCUT2D eigenvalue weighted by Gasteiger charge is 2.44. The Bertz CT molecular complexity index is 1290. The van der Waals surface area contributed by atoms with Gasteiger partial charge in [0.15, 0.2) is 6.29 Å². The van der Waals surface area contributed by atoms with Gasteiger partial charge in [0.1, 0.15) is 18.5 Å². The van der Waals surface area contributed by atoms with Gasteiger partial charge in [0.2, 0.25) is 0 Å². The molecular formula is C30H40N2O10S. The monoisotopic (exact) mass is 620 g/mol. The largest absolute Gasteiger partial charge is 0.491 e. The molecule has 1 aliphatic carbocycles. The van der Waals surface area contributed by atoms with Crippen molar-refractivity contribution < 1.29 is 47.2 Å². The second-order valence-corrected chi connectivity index (χ2v) is 12.9. The summed E-state index contributed by atoms with van der Waals surface area (Å²) in [6.07, 6.45) is 0.843. The Hall–Kier alpha value is -2.78. The van der Waals surface area contributed by atoms with Crippen LogP contribution >= 0.6 is 0 Å². The molecule has 0 bridgehead atoms. The Morgan fingerprint density at radius 3 is 2.63 bits per heavy atom. The molecule has 13 heteroatoms. The van der Waals surface area contributed by atoms with E-state index in [1.165, 1.54) is 18.2 Å². The van der Waals surface area contributed by atoms with Gasteiger partial charge in [-0.15, -0.1) is 0 Å². The molecule has 43 heavy (non-hydrogen) atoms. The van der Waals surface area contributed by atoms with Gasteiger partial charge >= 0.3 is 6.09 Å². The Labute approximate surface area is 251 Å². The minimum atomic E-state index is -4.26. The molecule has 2 aromatic rings. The van der Waals surface area contributed by atoms with Crippen LogP contribution in [-0.4, -0.2) is 92.8 Å². The smallest absolute Gasteiger partial charge is 0.407 e. The van der Waals surface area contributed by atoms with E-state index in [0.29, 0.717) is 19.4 Å². The number of nitrogens with one attached hydrogen (secondary N) is 1. The van der Waals surface area contributed by atoms with E-state index < -0.39 is 40.9 Å². The molecule has 5 atom stereocenters. The van der Waals surface area contributed by atoms with Crippen LogP contribution in [0.1, 0.15) is 37.7 Å². The van der Waals surface area contributed by atoms with Gasteiger partial charge in [-0.2, -0.15) is 0 Å². The average molecular weight is 621 g/mol. The average Bonchev–Trinajstić information content (AvgIpc) is 3.77. The van der Waals surface area contributed by atoms with Gasteiger partial charge in [0, 0.05) is 6.07 Å². The first-order valence-electron chi connectivity index (χ1n) is 14.8. The maximum Gasteiger partial charge on any atom is 0.407 e. The number of ether oxygens (including phenoxy) is 4. The van der Waals surface area contributed by atoms with Gasteiger partial charge in [0.25, 0.3) is 10.0 Å². The van der Waals surface area contributed by atoms with Crippen LogP contribution in [0, 0.1) is 5.92 Å². The Morgan fingerprint density at radius 1 is 1.07 bits per heavy atom. The number of hydrogen-bond donors (Lipinski definition) is 3. The summed E-state index contributed by atoms with van der Waals surface area (Å²) in [6.45, 7) is 0.101. The summed E-state index contributed by atoms with van der Waals surface area (Å²) in [5.41, 5.74) is 0.833. The zero-order chi connectivity index (χ0) is 30.2. The third-order valence-corrected chi connectivity index (χ3v) is 9.57. The molecule has 0 radical (unpaired) electrons. The summed E-state index contributed by atoms with van der Waals surface area (Å²) in [4.78, 5) is 19.0. The van der Waals surface area contributed by atoms with Gasteiger partial charge in [-0.3, -0.25) is 4.84 Å². The fourth-order valence-electron chi connectivity index (χ4n) is 5.67. The number of fused-ring (bicyclic) bond motifs is 1. The van der Waals surface area contributed by atoms with Crippen molar-refractivity contribution >= 4 is 16.1 Å². The second kappa shape index (κ2) is 14.8. The molecule has 2 saturated heterocycles. The lowest BCUT2D eigenvalue weighted by molar-refractivity contribution is -0.145. The van der Waals surface area contributed by atoms with Gasteiger partial charge in [-0.05, 0) is 43.4 Å². The number of rotatable bonds is 14. The highest BCUT2D eigenvalue weighted by Crippen LogP contribution is 2.33. The summed E-state index contributed by atoms with van der Waals surface area (Å²) >= 11 is 0. The molecule has 3 N–H and O–H groups in total. The third kappa shape index (κ3) is 8.24. The highest BCUT2D eigenvalue weighted by molar-refractivity contribution is 7.89. The molecule has 3 fully saturated rings. The van der Waals surface area contributed by atoms with E-state index in [4.69, 9.17) is 28.9 Å². The number of benzene rings is 2. The number of alkyl carbamates (subject to hydrolysis) is 1. The standard InChI is InChI=1S/C30H40N2O10S/c33-14-16-38-23-11-6-12-24(18-23)43(36,37)32(42-22-9-4-5-10-22)19-27(34)26(17-21-7-2-1-3-8-21)31-30(35)41-28-20-40-29-25(28)13-15-39-29/h1-3,6-8,11-12,18,22,25-29,33-34H,4-5,9-10,13-17,19-20H2,(H,31,35)/t25-,26?,27+,28-,29+/m0/s1. The molecule has 12 nitrogen and oxygen atoms in total. The van der Waals surface area contributed by atoms with Crippen LogP contribution in [0.15, 0.2) is 59.5 Å². The molecule has 1 amide bonds. The third-order valence-electron chi connectivity index (χ3n) is 7.95. The van der Waals surface area contributed by atoms with Gasteiger partial charge in [0.05, 0.1) is 55.4 Å². The number of hydrogen-bond acceptors (Lipinski definition) is 10. The number of sulfonamides is 1. The number of amides is 1. The summed E-state index contributed by atoms with van der Waals surface area (Å²) in [5.74, 6) is 0.217. The van der Waals surface area contributed by atoms with E-state index in [2.05, 4.69) is 5.32 Å². The van der Waals surface area contributed by atoms with Crippen molar-refractivity contribution in [3.63, 3.8) is 0 Å². The van der Waals surface area contributed by atoms with Crippen LogP contribution in [0.3, 0.4) is 0 Å². The van der Waals surface area contributed by atoms with Crippen molar-refractivity contribution in [2.45, 2.75) is 74.1 Å². The van der Waals surface area contributed by atoms with E-state index in [9.17, 15) is 18.3 Å². The van der Waals surface area contributed by atoms with Gasteiger partial charge < -0.3 is 34.5 Å². The Balaban J connectivity index is 1.34. The van der Waals surface area contributed by atoms with Crippen molar-refractivity contribution in [3.8, 4) is 5.75 Å². The number of carbonyl (C=O) groups excluding carboxylic acids is 1. The first-order valence-corrected chi connectivity index (χ1v) is 16.2. The van der Waals surface area contributed by atoms with Crippen molar-refractivity contribution in [1.82, 2.24) is 9.79 Å². The Morgan fingerprint density at radius 2 is 1.86 bits per heavy atom. The van der Waals surface area contributed by atoms with E-state index in [1.807, 2.05) is 30.3 Å². The maximum atomic E-state index is 13.9. The molecule has 1 saturated carbocycles. The second-order valence-electron chi connectivity index (χ2n) is 11.0. The first-order chi connectivity index (χ1) is 20.8. The highest BCUT2D eigenvalue weighted by atomic mass is 32.2. The predicted octanol–water partition coefficient (Wildman–Crippen LogP) is 2.38. The quantitative estimate of drug-likeness (QED) is 0.268. The van der Waals surface area contributed by atoms with E-state index >= 15 is 0 Å². The Kier molecular flexibility index (Phi) is 10.9. The number of aliphatic hydroxyl groups is 2. The molecule has 3 aliphatic rings. The van der Waals surface area contributed by atoms with Crippen molar-refractivity contribution in [2.75, 3.05) is 33.0 Å². The zero-order valence-electron chi connectivity index (χ0n) is 24.0. The van der Waals surface area contributed by atoms with E-state index in [1.54, 1.807) is 6.07 Å². The van der Waals surface area contributed by atoms with Crippen LogP contribution in [0.2, 0.25) is 0 Å². The molecule has 2 aliphatic heterocycles. The minimum Gasteiger partial charge on any atom is -0.491 e. The number of aliphatic hydroxyl groups excluding tert-OH is 2. The molecule has 236 valence electrons. The molecular weight excluding hydrogens is 580 g/mol. The number of carbonyl (C=O) groups is 1. The minimum absolute atomic E-state index is 0.00878. The van der Waals surface area contributed by atoms with Gasteiger partial charge in [-0.1, -0.05) is 53.7 Å². The molecule has 2 heterocycles. The summed E-state index contributed by atoms with van der Waals surface area (Å²) in [6, 6.07) is 14.3. The molecule has 0 aromatic heterocycles. The zero-order valence-corrected chi connectivity index (χ0v) is 24.8. The van der Waals surface area contributed by atoms with Crippen LogP contribution in [-0.2, 0) is 35.5 Å². The summed E-state index contributed by atoms with van der Waals surface area (Å²) < 4.78 is 50.7. The van der Waals surface area contributed by atoms with Crippen molar-refractivity contribution in [1.29, 1.82) is 0 Å².